The second-order valence-corrected chi connectivity index (χ2v) is 5.56. The number of nitrogens with zero attached hydrogens (tertiary/aromatic N) is 2. The Morgan fingerprint density at radius 3 is 2.67 bits per heavy atom. The van der Waals surface area contributed by atoms with E-state index in [1.165, 1.54) is 37.9 Å². The van der Waals surface area contributed by atoms with Crippen LogP contribution in [0, 0.1) is 11.7 Å². The number of anilines is 1. The molecule has 1 aromatic heterocycles. The number of hydrogen-bond acceptors (Lipinski definition) is 2. The quantitative estimate of drug-likeness (QED) is 0.773. The summed E-state index contributed by atoms with van der Waals surface area (Å²) >= 11 is 5.88. The highest BCUT2D eigenvalue weighted by Gasteiger charge is 2.23. The summed E-state index contributed by atoms with van der Waals surface area (Å²) in [7, 11) is 2.04. The van der Waals surface area contributed by atoms with E-state index in [1.807, 2.05) is 7.05 Å². The van der Waals surface area contributed by atoms with Crippen LogP contribution < -0.4 is 4.90 Å². The highest BCUT2D eigenvalue weighted by atomic mass is 35.5. The van der Waals surface area contributed by atoms with Gasteiger partial charge < -0.3 is 4.90 Å². The van der Waals surface area contributed by atoms with Crippen LogP contribution in [-0.2, 0) is 5.88 Å². The molecule has 1 fully saturated rings. The topological polar surface area (TPSA) is 16.1 Å². The van der Waals surface area contributed by atoms with Crippen molar-refractivity contribution >= 4 is 17.4 Å². The molecule has 1 heterocycles. The van der Waals surface area contributed by atoms with Crippen molar-refractivity contribution in [1.29, 1.82) is 0 Å². The summed E-state index contributed by atoms with van der Waals surface area (Å²) in [6, 6.07) is 1.98. The third kappa shape index (κ3) is 2.94. The molecule has 100 valence electrons. The van der Waals surface area contributed by atoms with Gasteiger partial charge in [-0.1, -0.05) is 6.92 Å². The van der Waals surface area contributed by atoms with E-state index >= 15 is 0 Å². The van der Waals surface area contributed by atoms with Crippen LogP contribution in [-0.4, -0.2) is 18.1 Å². The Morgan fingerprint density at radius 1 is 1.39 bits per heavy atom. The summed E-state index contributed by atoms with van der Waals surface area (Å²) in [6.45, 7) is 2.30. The summed E-state index contributed by atoms with van der Waals surface area (Å²) in [6.07, 6.45) is 6.14. The smallest absolute Gasteiger partial charge is 0.141 e. The molecule has 0 spiro atoms. The van der Waals surface area contributed by atoms with Gasteiger partial charge in [0.2, 0.25) is 0 Å². The Morgan fingerprint density at radius 2 is 2.06 bits per heavy atom. The summed E-state index contributed by atoms with van der Waals surface area (Å²) < 4.78 is 13.2. The number of alkyl halides is 1. The van der Waals surface area contributed by atoms with Gasteiger partial charge in [0.05, 0.1) is 12.1 Å². The minimum Gasteiger partial charge on any atom is -0.356 e. The molecule has 0 saturated heterocycles. The molecule has 0 aromatic carbocycles. The molecule has 0 aliphatic heterocycles. The third-order valence-corrected chi connectivity index (χ3v) is 4.21. The van der Waals surface area contributed by atoms with Crippen LogP contribution in [0.25, 0.3) is 0 Å². The van der Waals surface area contributed by atoms with Crippen LogP contribution in [0.3, 0.4) is 0 Å². The largest absolute Gasteiger partial charge is 0.356 e. The fraction of sp³-hybridized carbons (Fsp3) is 0.643. The second kappa shape index (κ2) is 5.87. The lowest BCUT2D eigenvalue weighted by molar-refractivity contribution is 0.339. The number of halogens is 2. The molecule has 0 bridgehead atoms. The van der Waals surface area contributed by atoms with Gasteiger partial charge >= 0.3 is 0 Å². The van der Waals surface area contributed by atoms with Crippen molar-refractivity contribution in [3.05, 3.63) is 23.6 Å². The Kier molecular flexibility index (Phi) is 4.44. The van der Waals surface area contributed by atoms with Gasteiger partial charge in [0.25, 0.3) is 0 Å². The zero-order valence-corrected chi connectivity index (χ0v) is 11.8. The van der Waals surface area contributed by atoms with Crippen molar-refractivity contribution < 1.29 is 4.39 Å². The molecular weight excluding hydrogens is 251 g/mol. The van der Waals surface area contributed by atoms with Crippen LogP contribution in [0.5, 0.6) is 0 Å². The van der Waals surface area contributed by atoms with E-state index in [-0.39, 0.29) is 5.82 Å². The predicted molar refractivity (Wildman–Crippen MR) is 73.6 cm³/mol. The predicted octanol–water partition coefficient (Wildman–Crippen LogP) is 3.97. The first-order valence-electron chi connectivity index (χ1n) is 6.55. The lowest BCUT2D eigenvalue weighted by atomic mass is 9.86. The average molecular weight is 271 g/mol. The average Bonchev–Trinajstić information content (AvgIpc) is 2.38. The maximum Gasteiger partial charge on any atom is 0.141 e. The first-order chi connectivity index (χ1) is 8.61. The van der Waals surface area contributed by atoms with Gasteiger partial charge in [-0.25, -0.2) is 9.37 Å². The number of hydrogen-bond donors (Lipinski definition) is 0. The first kappa shape index (κ1) is 13.6. The Hall–Kier alpha value is -0.830. The molecule has 1 aliphatic rings. The highest BCUT2D eigenvalue weighted by Crippen LogP contribution is 2.30. The van der Waals surface area contributed by atoms with Gasteiger partial charge in [-0.2, -0.15) is 0 Å². The maximum absolute atomic E-state index is 13.2. The maximum atomic E-state index is 13.2. The molecule has 0 amide bonds. The second-order valence-electron chi connectivity index (χ2n) is 5.29. The van der Waals surface area contributed by atoms with Crippen molar-refractivity contribution in [2.24, 2.45) is 5.92 Å². The Balaban J connectivity index is 2.15. The molecule has 18 heavy (non-hydrogen) atoms. The van der Waals surface area contributed by atoms with Gasteiger partial charge in [0, 0.05) is 18.7 Å². The van der Waals surface area contributed by atoms with E-state index in [9.17, 15) is 4.39 Å². The lowest BCUT2D eigenvalue weighted by Crippen LogP contribution is -2.36. The van der Waals surface area contributed by atoms with Gasteiger partial charge in [-0.15, -0.1) is 11.6 Å². The van der Waals surface area contributed by atoms with Crippen LogP contribution in [0.1, 0.15) is 38.2 Å². The van der Waals surface area contributed by atoms with Crippen LogP contribution >= 0.6 is 11.6 Å². The van der Waals surface area contributed by atoms with Crippen molar-refractivity contribution in [1.82, 2.24) is 4.98 Å². The van der Waals surface area contributed by atoms with Crippen molar-refractivity contribution in [3.63, 3.8) is 0 Å². The Labute approximate surface area is 113 Å². The molecular formula is C14H20ClFN2. The van der Waals surface area contributed by atoms with E-state index in [2.05, 4.69) is 16.8 Å². The van der Waals surface area contributed by atoms with Gasteiger partial charge in [0.1, 0.15) is 11.6 Å². The van der Waals surface area contributed by atoms with E-state index in [1.54, 1.807) is 0 Å². The molecule has 1 aliphatic carbocycles. The summed E-state index contributed by atoms with van der Waals surface area (Å²) in [5.74, 6) is 1.63. The molecule has 0 atom stereocenters. The van der Waals surface area contributed by atoms with Gasteiger partial charge in [-0.05, 0) is 37.7 Å². The zero-order valence-electron chi connectivity index (χ0n) is 11.0. The molecule has 1 aromatic rings. The molecule has 1 saturated carbocycles. The zero-order chi connectivity index (χ0) is 13.1. The Bertz CT molecular complexity index is 403. The normalized spacial score (nSPS) is 24.0. The minimum atomic E-state index is -0.319. The van der Waals surface area contributed by atoms with E-state index < -0.39 is 0 Å². The van der Waals surface area contributed by atoms with Crippen LogP contribution in [0.4, 0.5) is 10.2 Å². The molecule has 4 heteroatoms. The fourth-order valence-corrected chi connectivity index (χ4v) is 2.89. The van der Waals surface area contributed by atoms with E-state index in [0.29, 0.717) is 11.9 Å². The minimum absolute atomic E-state index is 0.299. The molecule has 2 nitrogen and oxygen atoms in total. The molecule has 0 unspecified atom stereocenters. The van der Waals surface area contributed by atoms with Crippen molar-refractivity contribution in [3.8, 4) is 0 Å². The molecule has 0 radical (unpaired) electrons. The van der Waals surface area contributed by atoms with Gasteiger partial charge in [-0.3, -0.25) is 0 Å². The monoisotopic (exact) mass is 270 g/mol. The standard InChI is InChI=1S/C14H20ClFN2/c1-10-3-5-13(6-4-10)18(2)14-11(8-15)7-12(16)9-17-14/h7,9-10,13H,3-6,8H2,1-2H3. The van der Waals surface area contributed by atoms with Crippen molar-refractivity contribution in [2.45, 2.75) is 44.5 Å². The molecule has 2 rings (SSSR count). The lowest BCUT2D eigenvalue weighted by Gasteiger charge is -2.35. The third-order valence-electron chi connectivity index (χ3n) is 3.92. The van der Waals surface area contributed by atoms with Gasteiger partial charge in [0.15, 0.2) is 0 Å². The number of rotatable bonds is 3. The fourth-order valence-electron chi connectivity index (χ4n) is 2.69. The molecule has 0 N–H and O–H groups in total. The van der Waals surface area contributed by atoms with E-state index in [0.717, 1.165) is 17.3 Å². The summed E-state index contributed by atoms with van der Waals surface area (Å²) in [4.78, 5) is 6.38. The summed E-state index contributed by atoms with van der Waals surface area (Å²) in [5, 5.41) is 0. The SMILES string of the molecule is CC1CCC(N(C)c2ncc(F)cc2CCl)CC1. The van der Waals surface area contributed by atoms with E-state index in [4.69, 9.17) is 11.6 Å². The van der Waals surface area contributed by atoms with Crippen LogP contribution in [0.15, 0.2) is 12.3 Å². The van der Waals surface area contributed by atoms with Crippen LogP contribution in [0.2, 0.25) is 0 Å². The highest BCUT2D eigenvalue weighted by molar-refractivity contribution is 6.17. The number of aromatic nitrogens is 1. The number of pyridine rings is 1. The first-order valence-corrected chi connectivity index (χ1v) is 7.08. The summed E-state index contributed by atoms with van der Waals surface area (Å²) in [5.41, 5.74) is 0.776. The van der Waals surface area contributed by atoms with Crippen molar-refractivity contribution in [2.75, 3.05) is 11.9 Å².